The lowest BCUT2D eigenvalue weighted by atomic mass is 10.2. The highest BCUT2D eigenvalue weighted by Crippen LogP contribution is 2.15. The topological polar surface area (TPSA) is 24.7 Å². The van der Waals surface area contributed by atoms with Gasteiger partial charge in [-0.15, -0.1) is 0 Å². The molecule has 1 aromatic carbocycles. The fourth-order valence-electron chi connectivity index (χ4n) is 0.811. The number of benzene rings is 1. The Morgan fingerprint density at radius 3 is 2.73 bits per heavy atom. The van der Waals surface area contributed by atoms with Crippen LogP contribution in [0.5, 0.6) is 0 Å². The highest BCUT2D eigenvalue weighted by Gasteiger charge is 1.89. The molecule has 0 fully saturated rings. The molecule has 0 heterocycles. The molecule has 0 aliphatic heterocycles. The smallest absolute Gasteiger partial charge is 0.115 e. The van der Waals surface area contributed by atoms with Crippen molar-refractivity contribution in [2.45, 2.75) is 6.92 Å². The van der Waals surface area contributed by atoms with Gasteiger partial charge < -0.3 is 0 Å². The summed E-state index contributed by atoms with van der Waals surface area (Å²) in [7, 11) is 0. The summed E-state index contributed by atoms with van der Waals surface area (Å²) >= 11 is 0. The van der Waals surface area contributed by atoms with Crippen LogP contribution >= 0.6 is 0 Å². The first-order chi connectivity index (χ1) is 5.34. The number of hydrogen-bond donors (Lipinski definition) is 0. The minimum Gasteiger partial charge on any atom is -0.253 e. The fourth-order valence-corrected chi connectivity index (χ4v) is 0.811. The predicted octanol–water partition coefficient (Wildman–Crippen LogP) is 2.36. The Hall–Kier alpha value is -1.44. The van der Waals surface area contributed by atoms with Gasteiger partial charge in [0.15, 0.2) is 0 Å². The number of para-hydroxylation sites is 1. The van der Waals surface area contributed by atoms with Crippen molar-refractivity contribution in [1.82, 2.24) is 0 Å². The average Bonchev–Trinajstić information content (AvgIpc) is 2.03. The summed E-state index contributed by atoms with van der Waals surface area (Å²) in [6.45, 7) is 5.32. The molecule has 1 rings (SSSR count). The SMILES string of the molecule is C=NC=Nc1ccccc1C. The molecule has 2 heteroatoms. The Bertz CT molecular complexity index is 277. The van der Waals surface area contributed by atoms with Gasteiger partial charge in [0.2, 0.25) is 0 Å². The molecule has 56 valence electrons. The lowest BCUT2D eigenvalue weighted by Gasteiger charge is -1.95. The lowest BCUT2D eigenvalue weighted by Crippen LogP contribution is -1.72. The molecule has 0 aromatic heterocycles. The number of aryl methyl sites for hydroxylation is 1. The van der Waals surface area contributed by atoms with Gasteiger partial charge in [0.25, 0.3) is 0 Å². The van der Waals surface area contributed by atoms with Gasteiger partial charge in [-0.2, -0.15) is 0 Å². The Morgan fingerprint density at radius 1 is 1.36 bits per heavy atom. The van der Waals surface area contributed by atoms with E-state index >= 15 is 0 Å². The molecule has 0 bridgehead atoms. The van der Waals surface area contributed by atoms with E-state index in [1.54, 1.807) is 0 Å². The molecule has 0 saturated carbocycles. The molecule has 0 aliphatic carbocycles. The number of hydrogen-bond acceptors (Lipinski definition) is 1. The molecule has 0 spiro atoms. The predicted molar refractivity (Wildman–Crippen MR) is 48.9 cm³/mol. The fraction of sp³-hybridized carbons (Fsp3) is 0.111. The Kier molecular flexibility index (Phi) is 2.55. The summed E-state index contributed by atoms with van der Waals surface area (Å²) in [5.74, 6) is 0. The average molecular weight is 146 g/mol. The molecule has 1 aromatic rings. The van der Waals surface area contributed by atoms with Crippen LogP contribution in [0.15, 0.2) is 34.3 Å². The standard InChI is InChI=1S/C9H10N2/c1-8-5-3-4-6-9(8)11-7-10-2/h3-7H,2H2,1H3. The van der Waals surface area contributed by atoms with Crippen molar-refractivity contribution in [3.8, 4) is 0 Å². The third-order valence-electron chi connectivity index (χ3n) is 1.39. The van der Waals surface area contributed by atoms with Crippen molar-refractivity contribution in [1.29, 1.82) is 0 Å². The van der Waals surface area contributed by atoms with E-state index in [1.165, 1.54) is 6.34 Å². The zero-order valence-corrected chi connectivity index (χ0v) is 6.49. The quantitative estimate of drug-likeness (QED) is 0.452. The van der Waals surface area contributed by atoms with Crippen molar-refractivity contribution < 1.29 is 0 Å². The summed E-state index contributed by atoms with van der Waals surface area (Å²) in [6.07, 6.45) is 1.45. The number of nitrogens with zero attached hydrogens (tertiary/aromatic N) is 2. The first-order valence-electron chi connectivity index (χ1n) is 3.38. The van der Waals surface area contributed by atoms with Gasteiger partial charge in [-0.25, -0.2) is 4.99 Å². The molecule has 11 heavy (non-hydrogen) atoms. The molecule has 0 aliphatic rings. The molecule has 2 nitrogen and oxygen atoms in total. The second-order valence-corrected chi connectivity index (χ2v) is 2.21. The molecule has 0 atom stereocenters. The summed E-state index contributed by atoms with van der Waals surface area (Å²) in [4.78, 5) is 7.60. The molecular weight excluding hydrogens is 136 g/mol. The maximum atomic E-state index is 4.07. The van der Waals surface area contributed by atoms with E-state index in [2.05, 4.69) is 16.7 Å². The largest absolute Gasteiger partial charge is 0.253 e. The second-order valence-electron chi connectivity index (χ2n) is 2.21. The zero-order valence-electron chi connectivity index (χ0n) is 6.49. The van der Waals surface area contributed by atoms with Crippen LogP contribution in [0.3, 0.4) is 0 Å². The van der Waals surface area contributed by atoms with Gasteiger partial charge >= 0.3 is 0 Å². The minimum absolute atomic E-state index is 0.944. The van der Waals surface area contributed by atoms with Crippen LogP contribution in [0.1, 0.15) is 5.56 Å². The third-order valence-corrected chi connectivity index (χ3v) is 1.39. The highest BCUT2D eigenvalue weighted by atomic mass is 14.8. The van der Waals surface area contributed by atoms with Gasteiger partial charge in [-0.3, -0.25) is 4.99 Å². The first kappa shape index (κ1) is 7.66. The van der Waals surface area contributed by atoms with Gasteiger partial charge in [-0.1, -0.05) is 18.2 Å². The highest BCUT2D eigenvalue weighted by molar-refractivity contribution is 5.67. The summed E-state index contributed by atoms with van der Waals surface area (Å²) in [5, 5.41) is 0. The Balaban J connectivity index is 2.94. The Morgan fingerprint density at radius 2 is 2.09 bits per heavy atom. The number of rotatable bonds is 2. The zero-order chi connectivity index (χ0) is 8.10. The van der Waals surface area contributed by atoms with Crippen molar-refractivity contribution in [3.63, 3.8) is 0 Å². The van der Waals surface area contributed by atoms with Crippen LogP contribution in [0.4, 0.5) is 5.69 Å². The van der Waals surface area contributed by atoms with Crippen molar-refractivity contribution in [3.05, 3.63) is 29.8 Å². The van der Waals surface area contributed by atoms with E-state index in [-0.39, 0.29) is 0 Å². The van der Waals surface area contributed by atoms with E-state index in [1.807, 2.05) is 31.2 Å². The maximum absolute atomic E-state index is 4.07. The summed E-state index contributed by atoms with van der Waals surface area (Å²) < 4.78 is 0. The molecule has 0 N–H and O–H groups in total. The second kappa shape index (κ2) is 3.66. The van der Waals surface area contributed by atoms with Crippen LogP contribution in [0.2, 0.25) is 0 Å². The van der Waals surface area contributed by atoms with Gasteiger partial charge in [0.05, 0.1) is 5.69 Å². The van der Waals surface area contributed by atoms with Gasteiger partial charge in [0, 0.05) is 0 Å². The van der Waals surface area contributed by atoms with Crippen LogP contribution in [-0.2, 0) is 0 Å². The third kappa shape index (κ3) is 2.00. The van der Waals surface area contributed by atoms with E-state index in [9.17, 15) is 0 Å². The van der Waals surface area contributed by atoms with Crippen LogP contribution in [0, 0.1) is 6.92 Å². The molecule has 0 radical (unpaired) electrons. The van der Waals surface area contributed by atoms with E-state index in [0.717, 1.165) is 11.3 Å². The van der Waals surface area contributed by atoms with Crippen molar-refractivity contribution in [2.24, 2.45) is 9.98 Å². The lowest BCUT2D eigenvalue weighted by molar-refractivity contribution is 1.40. The maximum Gasteiger partial charge on any atom is 0.115 e. The number of aliphatic imine (C=N–C) groups is 2. The molecule has 0 saturated heterocycles. The van der Waals surface area contributed by atoms with Crippen LogP contribution in [0.25, 0.3) is 0 Å². The normalized spacial score (nSPS) is 10.3. The summed E-state index contributed by atoms with van der Waals surface area (Å²) in [5.41, 5.74) is 2.09. The monoisotopic (exact) mass is 146 g/mol. The first-order valence-corrected chi connectivity index (χ1v) is 3.38. The van der Waals surface area contributed by atoms with Crippen molar-refractivity contribution in [2.75, 3.05) is 0 Å². The van der Waals surface area contributed by atoms with Crippen LogP contribution in [-0.4, -0.2) is 13.1 Å². The molecule has 0 amide bonds. The van der Waals surface area contributed by atoms with Gasteiger partial charge in [-0.05, 0) is 25.3 Å². The minimum atomic E-state index is 0.944. The van der Waals surface area contributed by atoms with E-state index in [4.69, 9.17) is 0 Å². The Labute approximate surface area is 66.3 Å². The van der Waals surface area contributed by atoms with E-state index < -0.39 is 0 Å². The molecular formula is C9H10N2. The molecule has 0 unspecified atom stereocenters. The van der Waals surface area contributed by atoms with Crippen molar-refractivity contribution >= 4 is 18.7 Å². The van der Waals surface area contributed by atoms with Crippen LogP contribution < -0.4 is 0 Å². The van der Waals surface area contributed by atoms with Gasteiger partial charge in [0.1, 0.15) is 6.34 Å². The summed E-state index contributed by atoms with van der Waals surface area (Å²) in [6, 6.07) is 7.88. The van der Waals surface area contributed by atoms with E-state index in [0.29, 0.717) is 0 Å².